The third-order valence-electron chi connectivity index (χ3n) is 2.77. The second-order valence-electron chi connectivity index (χ2n) is 3.97. The smallest absolute Gasteiger partial charge is 0.216 e. The van der Waals surface area contributed by atoms with Crippen molar-refractivity contribution in [1.29, 1.82) is 0 Å². The summed E-state index contributed by atoms with van der Waals surface area (Å²) in [7, 11) is 0. The van der Waals surface area contributed by atoms with E-state index in [2.05, 4.69) is 25.1 Å². The van der Waals surface area contributed by atoms with E-state index in [1.807, 2.05) is 13.8 Å². The van der Waals surface area contributed by atoms with E-state index in [0.717, 1.165) is 24.5 Å². The Labute approximate surface area is 114 Å². The number of halogens is 1. The van der Waals surface area contributed by atoms with Gasteiger partial charge in [-0.15, -0.1) is 5.10 Å². The molecule has 3 rings (SSSR count). The van der Waals surface area contributed by atoms with E-state index >= 15 is 0 Å². The molecular formula is C11H12ClN7. The van der Waals surface area contributed by atoms with Gasteiger partial charge in [-0.1, -0.05) is 25.4 Å². The maximum Gasteiger partial charge on any atom is 0.255 e. The average molecular weight is 278 g/mol. The summed E-state index contributed by atoms with van der Waals surface area (Å²) in [5, 5.41) is 8.97. The Hall–Kier alpha value is -2.02. The van der Waals surface area contributed by atoms with Gasteiger partial charge in [-0.25, -0.2) is 4.98 Å². The second-order valence-corrected chi connectivity index (χ2v) is 4.36. The van der Waals surface area contributed by atoms with Gasteiger partial charge in [0.25, 0.3) is 5.78 Å². The van der Waals surface area contributed by atoms with Crippen molar-refractivity contribution in [3.8, 4) is 5.82 Å². The van der Waals surface area contributed by atoms with Crippen LogP contribution in [0.3, 0.4) is 0 Å². The molecule has 0 saturated carbocycles. The Morgan fingerprint density at radius 3 is 2.79 bits per heavy atom. The molecule has 0 aliphatic carbocycles. The molecule has 98 valence electrons. The molecule has 0 spiro atoms. The fourth-order valence-electron chi connectivity index (χ4n) is 1.87. The molecule has 0 atom stereocenters. The van der Waals surface area contributed by atoms with Crippen LogP contribution in [0, 0.1) is 0 Å². The number of hydrogen-bond donors (Lipinski definition) is 0. The van der Waals surface area contributed by atoms with Gasteiger partial charge in [-0.05, 0) is 0 Å². The topological polar surface area (TPSA) is 73.8 Å². The van der Waals surface area contributed by atoms with Gasteiger partial charge >= 0.3 is 0 Å². The number of nitrogens with zero attached hydrogens (tertiary/aromatic N) is 7. The quantitative estimate of drug-likeness (QED) is 0.678. The maximum atomic E-state index is 6.01. The van der Waals surface area contributed by atoms with E-state index in [-0.39, 0.29) is 0 Å². The lowest BCUT2D eigenvalue weighted by Crippen LogP contribution is -2.09. The fourth-order valence-corrected chi connectivity index (χ4v) is 2.05. The van der Waals surface area contributed by atoms with Gasteiger partial charge in [-0.3, -0.25) is 0 Å². The van der Waals surface area contributed by atoms with E-state index in [4.69, 9.17) is 11.6 Å². The van der Waals surface area contributed by atoms with Crippen molar-refractivity contribution in [2.45, 2.75) is 26.7 Å². The Morgan fingerprint density at radius 1 is 1.21 bits per heavy atom. The van der Waals surface area contributed by atoms with Crippen molar-refractivity contribution in [2.24, 2.45) is 0 Å². The van der Waals surface area contributed by atoms with Crippen molar-refractivity contribution < 1.29 is 0 Å². The zero-order valence-electron chi connectivity index (χ0n) is 10.6. The highest BCUT2D eigenvalue weighted by atomic mass is 35.5. The van der Waals surface area contributed by atoms with Crippen LogP contribution in [0.1, 0.15) is 25.5 Å². The normalized spacial score (nSPS) is 11.3. The summed E-state index contributed by atoms with van der Waals surface area (Å²) in [5.41, 5.74) is 0. The molecule has 0 aliphatic heterocycles. The summed E-state index contributed by atoms with van der Waals surface area (Å²) in [4.78, 5) is 12.6. The summed E-state index contributed by atoms with van der Waals surface area (Å²) in [5.74, 6) is 2.78. The molecule has 0 N–H and O–H groups in total. The highest BCUT2D eigenvalue weighted by molar-refractivity contribution is 6.29. The predicted molar refractivity (Wildman–Crippen MR) is 69.5 cm³/mol. The molecule has 0 saturated heterocycles. The van der Waals surface area contributed by atoms with Crippen molar-refractivity contribution in [3.05, 3.63) is 29.2 Å². The highest BCUT2D eigenvalue weighted by Crippen LogP contribution is 2.15. The van der Waals surface area contributed by atoms with E-state index in [0.29, 0.717) is 16.7 Å². The molecule has 3 heterocycles. The van der Waals surface area contributed by atoms with E-state index in [9.17, 15) is 0 Å². The zero-order chi connectivity index (χ0) is 13.4. The molecule has 0 fully saturated rings. The Bertz CT molecular complexity index is 730. The Balaban J connectivity index is 2.28. The average Bonchev–Trinajstić information content (AvgIpc) is 3.03. The van der Waals surface area contributed by atoms with E-state index in [1.54, 1.807) is 15.3 Å². The minimum Gasteiger partial charge on any atom is -0.216 e. The summed E-state index contributed by atoms with van der Waals surface area (Å²) in [6.07, 6.45) is 2.98. The molecule has 3 aromatic heterocycles. The lowest BCUT2D eigenvalue weighted by Gasteiger charge is -2.06. The van der Waals surface area contributed by atoms with E-state index < -0.39 is 0 Å². The van der Waals surface area contributed by atoms with Crippen LogP contribution >= 0.6 is 11.6 Å². The minimum atomic E-state index is 0.353. The first-order chi connectivity index (χ1) is 9.22. The molecule has 0 radical (unpaired) electrons. The Morgan fingerprint density at radius 2 is 2.05 bits per heavy atom. The van der Waals surface area contributed by atoms with Crippen LogP contribution < -0.4 is 0 Å². The monoisotopic (exact) mass is 277 g/mol. The van der Waals surface area contributed by atoms with Gasteiger partial charge in [0.2, 0.25) is 0 Å². The number of hydrogen-bond acceptors (Lipinski definition) is 5. The first-order valence-electron chi connectivity index (χ1n) is 6.04. The number of rotatable bonds is 3. The van der Waals surface area contributed by atoms with Gasteiger partial charge in [-0.2, -0.15) is 24.3 Å². The third-order valence-corrected chi connectivity index (χ3v) is 2.96. The van der Waals surface area contributed by atoms with Gasteiger partial charge in [0, 0.05) is 18.9 Å². The summed E-state index contributed by atoms with van der Waals surface area (Å²) >= 11 is 6.01. The second kappa shape index (κ2) is 4.58. The largest absolute Gasteiger partial charge is 0.255 e. The number of fused-ring (bicyclic) bond motifs is 1. The van der Waals surface area contributed by atoms with Gasteiger partial charge < -0.3 is 0 Å². The standard InChI is InChI=1S/C11H12ClN7/c1-3-8-16-9(4-2)18(17-8)10-5-7(12)15-11-13-6-14-19(10)11/h5-6H,3-4H2,1-2H3. The predicted octanol–water partition coefficient (Wildman–Crippen LogP) is 1.48. The van der Waals surface area contributed by atoms with Crippen LogP contribution in [-0.4, -0.2) is 34.3 Å². The minimum absolute atomic E-state index is 0.353. The van der Waals surface area contributed by atoms with Crippen LogP contribution in [0.25, 0.3) is 11.6 Å². The lowest BCUT2D eigenvalue weighted by molar-refractivity contribution is 0.730. The molecule has 7 nitrogen and oxygen atoms in total. The zero-order valence-corrected chi connectivity index (χ0v) is 11.3. The number of aryl methyl sites for hydroxylation is 2. The van der Waals surface area contributed by atoms with Crippen LogP contribution in [-0.2, 0) is 12.8 Å². The van der Waals surface area contributed by atoms with Gasteiger partial charge in [0.05, 0.1) is 0 Å². The molecule has 3 aromatic rings. The van der Waals surface area contributed by atoms with Crippen LogP contribution in [0.15, 0.2) is 12.4 Å². The molecule has 19 heavy (non-hydrogen) atoms. The van der Waals surface area contributed by atoms with Crippen LogP contribution in [0.2, 0.25) is 5.15 Å². The van der Waals surface area contributed by atoms with Crippen molar-refractivity contribution >= 4 is 17.4 Å². The third kappa shape index (κ3) is 1.95. The first kappa shape index (κ1) is 12.0. The molecular weight excluding hydrogens is 266 g/mol. The molecule has 0 aromatic carbocycles. The highest BCUT2D eigenvalue weighted by Gasteiger charge is 2.14. The van der Waals surface area contributed by atoms with Crippen LogP contribution in [0.5, 0.6) is 0 Å². The number of aromatic nitrogens is 7. The van der Waals surface area contributed by atoms with Gasteiger partial charge in [0.1, 0.15) is 17.3 Å². The molecule has 0 unspecified atom stereocenters. The molecule has 0 aliphatic rings. The maximum absolute atomic E-state index is 6.01. The summed E-state index contributed by atoms with van der Waals surface area (Å²) in [6.45, 7) is 4.05. The fraction of sp³-hybridized carbons (Fsp3) is 0.364. The van der Waals surface area contributed by atoms with Crippen molar-refractivity contribution in [3.63, 3.8) is 0 Å². The molecule has 8 heteroatoms. The SMILES string of the molecule is CCc1nc(CC)n(-c2cc(Cl)nc3ncnn23)n1. The van der Waals surface area contributed by atoms with Crippen molar-refractivity contribution in [1.82, 2.24) is 34.3 Å². The molecule has 0 amide bonds. The summed E-state index contributed by atoms with van der Waals surface area (Å²) in [6, 6.07) is 1.70. The summed E-state index contributed by atoms with van der Waals surface area (Å²) < 4.78 is 3.34. The van der Waals surface area contributed by atoms with Gasteiger partial charge in [0.15, 0.2) is 11.6 Å². The molecule has 0 bridgehead atoms. The first-order valence-corrected chi connectivity index (χ1v) is 6.42. The van der Waals surface area contributed by atoms with Crippen molar-refractivity contribution in [2.75, 3.05) is 0 Å². The van der Waals surface area contributed by atoms with E-state index in [1.165, 1.54) is 6.33 Å². The van der Waals surface area contributed by atoms with Crippen LogP contribution in [0.4, 0.5) is 0 Å². The Kier molecular flexibility index (Phi) is 2.90. The lowest BCUT2D eigenvalue weighted by atomic mass is 10.4.